The van der Waals surface area contributed by atoms with Gasteiger partial charge in [0.25, 0.3) is 5.91 Å². The Morgan fingerprint density at radius 1 is 1.04 bits per heavy atom. The number of benzene rings is 1. The van der Waals surface area contributed by atoms with Crippen LogP contribution in [0.5, 0.6) is 0 Å². The van der Waals surface area contributed by atoms with Crippen LogP contribution in [0.1, 0.15) is 29.6 Å². The number of rotatable bonds is 4. The molecular weight excluding hydrogens is 304 g/mol. The van der Waals surface area contributed by atoms with Crippen LogP contribution in [0.3, 0.4) is 0 Å². The summed E-state index contributed by atoms with van der Waals surface area (Å²) >= 11 is 0. The number of carbonyl (C=O) groups is 2. The minimum Gasteiger partial charge on any atom is -0.323 e. The molecule has 2 amide bonds. The SMILES string of the molecule is O=C(Nc1ccc(NC(=O)[C@H]2CCCCN2)cn1)c1ccccc1. The maximum atomic E-state index is 12.1. The summed E-state index contributed by atoms with van der Waals surface area (Å²) in [4.78, 5) is 28.4. The standard InChI is InChI=1S/C18H20N4O2/c23-17(13-6-2-1-3-7-13)22-16-10-9-14(12-20-16)21-18(24)15-8-4-5-11-19-15/h1-3,6-7,9-10,12,15,19H,4-5,8,11H2,(H,21,24)(H,20,22,23)/t15-/m1/s1. The minimum atomic E-state index is -0.216. The number of carbonyl (C=O) groups excluding carboxylic acids is 2. The van der Waals surface area contributed by atoms with Gasteiger partial charge in [-0.05, 0) is 43.7 Å². The summed E-state index contributed by atoms with van der Waals surface area (Å²) < 4.78 is 0. The third-order valence-electron chi connectivity index (χ3n) is 3.94. The van der Waals surface area contributed by atoms with E-state index >= 15 is 0 Å². The predicted octanol–water partition coefficient (Wildman–Crippen LogP) is 2.41. The fourth-order valence-electron chi connectivity index (χ4n) is 2.62. The second kappa shape index (κ2) is 7.70. The first-order valence-corrected chi connectivity index (χ1v) is 8.09. The second-order valence-electron chi connectivity index (χ2n) is 5.74. The van der Waals surface area contributed by atoms with E-state index in [9.17, 15) is 9.59 Å². The Morgan fingerprint density at radius 3 is 2.54 bits per heavy atom. The lowest BCUT2D eigenvalue weighted by Gasteiger charge is -2.22. The average Bonchev–Trinajstić information content (AvgIpc) is 2.65. The Hall–Kier alpha value is -2.73. The van der Waals surface area contributed by atoms with E-state index in [1.807, 2.05) is 6.07 Å². The van der Waals surface area contributed by atoms with Gasteiger partial charge in [-0.25, -0.2) is 4.98 Å². The molecule has 0 bridgehead atoms. The van der Waals surface area contributed by atoms with E-state index in [1.165, 1.54) is 0 Å². The molecule has 1 fully saturated rings. The van der Waals surface area contributed by atoms with Crippen LogP contribution < -0.4 is 16.0 Å². The summed E-state index contributed by atoms with van der Waals surface area (Å²) in [6, 6.07) is 12.2. The molecule has 1 aromatic heterocycles. The first-order valence-electron chi connectivity index (χ1n) is 8.09. The number of amides is 2. The molecular formula is C18H20N4O2. The lowest BCUT2D eigenvalue weighted by molar-refractivity contribution is -0.118. The van der Waals surface area contributed by atoms with E-state index in [0.29, 0.717) is 17.1 Å². The zero-order valence-electron chi connectivity index (χ0n) is 13.3. The van der Waals surface area contributed by atoms with Crippen LogP contribution in [0.2, 0.25) is 0 Å². The van der Waals surface area contributed by atoms with E-state index in [2.05, 4.69) is 20.9 Å². The number of pyridine rings is 1. The Labute approximate surface area is 140 Å². The van der Waals surface area contributed by atoms with E-state index < -0.39 is 0 Å². The minimum absolute atomic E-state index is 0.0439. The Morgan fingerprint density at radius 2 is 1.88 bits per heavy atom. The first-order chi connectivity index (χ1) is 11.7. The largest absolute Gasteiger partial charge is 0.323 e. The van der Waals surface area contributed by atoms with Crippen LogP contribution in [-0.2, 0) is 4.79 Å². The number of anilines is 2. The third-order valence-corrected chi connectivity index (χ3v) is 3.94. The van der Waals surface area contributed by atoms with Gasteiger partial charge < -0.3 is 16.0 Å². The molecule has 6 nitrogen and oxygen atoms in total. The molecule has 0 spiro atoms. The molecule has 0 saturated carbocycles. The van der Waals surface area contributed by atoms with Crippen LogP contribution >= 0.6 is 0 Å². The van der Waals surface area contributed by atoms with Crippen molar-refractivity contribution >= 4 is 23.3 Å². The molecule has 24 heavy (non-hydrogen) atoms. The highest BCUT2D eigenvalue weighted by Gasteiger charge is 2.20. The maximum absolute atomic E-state index is 12.1. The molecule has 0 unspecified atom stereocenters. The van der Waals surface area contributed by atoms with E-state index in [0.717, 1.165) is 25.8 Å². The van der Waals surface area contributed by atoms with Crippen molar-refractivity contribution in [2.24, 2.45) is 0 Å². The molecule has 2 aromatic rings. The zero-order valence-corrected chi connectivity index (χ0v) is 13.3. The van der Waals surface area contributed by atoms with Crippen molar-refractivity contribution in [3.05, 3.63) is 54.2 Å². The van der Waals surface area contributed by atoms with Gasteiger partial charge >= 0.3 is 0 Å². The number of piperidine rings is 1. The first kappa shape index (κ1) is 16.1. The third kappa shape index (κ3) is 4.17. The van der Waals surface area contributed by atoms with Gasteiger partial charge in [0.2, 0.25) is 5.91 Å². The van der Waals surface area contributed by atoms with Crippen LogP contribution in [0.4, 0.5) is 11.5 Å². The van der Waals surface area contributed by atoms with Crippen LogP contribution in [-0.4, -0.2) is 29.4 Å². The van der Waals surface area contributed by atoms with Crippen LogP contribution in [0, 0.1) is 0 Å². The van der Waals surface area contributed by atoms with Gasteiger partial charge in [-0.15, -0.1) is 0 Å². The van der Waals surface area contributed by atoms with Crippen molar-refractivity contribution in [2.75, 3.05) is 17.2 Å². The van der Waals surface area contributed by atoms with Crippen molar-refractivity contribution in [3.8, 4) is 0 Å². The van der Waals surface area contributed by atoms with Crippen molar-refractivity contribution < 1.29 is 9.59 Å². The molecule has 3 N–H and O–H groups in total. The number of aromatic nitrogens is 1. The molecule has 0 aliphatic carbocycles. The predicted molar refractivity (Wildman–Crippen MR) is 92.9 cm³/mol. The monoisotopic (exact) mass is 324 g/mol. The Balaban J connectivity index is 1.57. The second-order valence-corrected chi connectivity index (χ2v) is 5.74. The number of hydrogen-bond acceptors (Lipinski definition) is 4. The fourth-order valence-corrected chi connectivity index (χ4v) is 2.62. The summed E-state index contributed by atoms with van der Waals surface area (Å²) in [5.41, 5.74) is 1.19. The molecule has 1 aliphatic rings. The molecule has 1 saturated heterocycles. The van der Waals surface area contributed by atoms with Gasteiger partial charge in [0.1, 0.15) is 5.82 Å². The quantitative estimate of drug-likeness (QED) is 0.806. The zero-order chi connectivity index (χ0) is 16.8. The van der Waals surface area contributed by atoms with Crippen LogP contribution in [0.25, 0.3) is 0 Å². The highest BCUT2D eigenvalue weighted by Crippen LogP contribution is 2.13. The topological polar surface area (TPSA) is 83.1 Å². The molecule has 2 heterocycles. The molecule has 124 valence electrons. The highest BCUT2D eigenvalue weighted by molar-refractivity contribution is 6.03. The van der Waals surface area contributed by atoms with Gasteiger partial charge in [-0.1, -0.05) is 24.6 Å². The Bertz CT molecular complexity index is 695. The number of nitrogens with one attached hydrogen (secondary N) is 3. The summed E-state index contributed by atoms with van der Waals surface area (Å²) in [6.45, 7) is 0.876. The molecule has 1 aromatic carbocycles. The smallest absolute Gasteiger partial charge is 0.256 e. The van der Waals surface area contributed by atoms with E-state index in [4.69, 9.17) is 0 Å². The van der Waals surface area contributed by atoms with Crippen molar-refractivity contribution in [1.29, 1.82) is 0 Å². The molecule has 1 aliphatic heterocycles. The normalized spacial score (nSPS) is 17.1. The Kier molecular flexibility index (Phi) is 5.18. The maximum Gasteiger partial charge on any atom is 0.256 e. The summed E-state index contributed by atoms with van der Waals surface area (Å²) in [6.07, 6.45) is 4.57. The average molecular weight is 324 g/mol. The highest BCUT2D eigenvalue weighted by atomic mass is 16.2. The molecule has 3 rings (SSSR count). The van der Waals surface area contributed by atoms with Gasteiger partial charge in [-0.3, -0.25) is 9.59 Å². The summed E-state index contributed by atoms with van der Waals surface area (Å²) in [5, 5.41) is 8.78. The molecule has 0 radical (unpaired) electrons. The lowest BCUT2D eigenvalue weighted by Crippen LogP contribution is -2.43. The molecule has 6 heteroatoms. The van der Waals surface area contributed by atoms with Crippen LogP contribution in [0.15, 0.2) is 48.7 Å². The van der Waals surface area contributed by atoms with Gasteiger partial charge in [-0.2, -0.15) is 0 Å². The summed E-state index contributed by atoms with van der Waals surface area (Å²) in [7, 11) is 0. The van der Waals surface area contributed by atoms with Gasteiger partial charge in [0, 0.05) is 5.56 Å². The van der Waals surface area contributed by atoms with E-state index in [1.54, 1.807) is 42.6 Å². The van der Waals surface area contributed by atoms with Crippen molar-refractivity contribution in [2.45, 2.75) is 25.3 Å². The summed E-state index contributed by atoms with van der Waals surface area (Å²) in [5.74, 6) is 0.182. The lowest BCUT2D eigenvalue weighted by atomic mass is 10.0. The van der Waals surface area contributed by atoms with Crippen molar-refractivity contribution in [1.82, 2.24) is 10.3 Å². The fraction of sp³-hybridized carbons (Fsp3) is 0.278. The van der Waals surface area contributed by atoms with Gasteiger partial charge in [0.15, 0.2) is 0 Å². The number of hydrogen-bond donors (Lipinski definition) is 3. The van der Waals surface area contributed by atoms with Gasteiger partial charge in [0.05, 0.1) is 17.9 Å². The molecule has 1 atom stereocenters. The number of nitrogens with zero attached hydrogens (tertiary/aromatic N) is 1. The van der Waals surface area contributed by atoms with Crippen molar-refractivity contribution in [3.63, 3.8) is 0 Å². The van der Waals surface area contributed by atoms with E-state index in [-0.39, 0.29) is 17.9 Å².